The van der Waals surface area contributed by atoms with E-state index in [-0.39, 0.29) is 0 Å². The molecule has 0 saturated heterocycles. The van der Waals surface area contributed by atoms with Crippen LogP contribution in [0.25, 0.3) is 0 Å². The second-order valence-corrected chi connectivity index (χ2v) is 4.20. The molecule has 0 radical (unpaired) electrons. The molecule has 1 aromatic heterocycles. The lowest BCUT2D eigenvalue weighted by molar-refractivity contribution is 0.0102. The highest BCUT2D eigenvalue weighted by Gasteiger charge is 2.33. The van der Waals surface area contributed by atoms with Gasteiger partial charge < -0.3 is 5.11 Å². The second-order valence-electron chi connectivity index (χ2n) is 4.20. The summed E-state index contributed by atoms with van der Waals surface area (Å²) >= 11 is 0. The smallest absolute Gasteiger partial charge is 0.107 e. The third kappa shape index (κ3) is 1.44. The molecule has 1 aliphatic rings. The van der Waals surface area contributed by atoms with E-state index in [1.807, 2.05) is 19.9 Å². The summed E-state index contributed by atoms with van der Waals surface area (Å²) in [6.07, 6.45) is 3.75. The standard InChI is InChI=1S/C12H17NO/c1-3-12(14)8-4-5-10-7-6-9(2)13-11(10)12/h6-7,14H,3-5,8H2,1-2H3. The van der Waals surface area contributed by atoms with Crippen molar-refractivity contribution in [3.8, 4) is 0 Å². The van der Waals surface area contributed by atoms with Crippen molar-refractivity contribution in [1.29, 1.82) is 0 Å². The number of aliphatic hydroxyl groups is 1. The van der Waals surface area contributed by atoms with Crippen molar-refractivity contribution in [3.05, 3.63) is 29.1 Å². The minimum absolute atomic E-state index is 0.667. The van der Waals surface area contributed by atoms with Crippen molar-refractivity contribution in [2.75, 3.05) is 0 Å². The van der Waals surface area contributed by atoms with Gasteiger partial charge >= 0.3 is 0 Å². The Balaban J connectivity index is 2.52. The SMILES string of the molecule is CCC1(O)CCCc2ccc(C)nc21. The minimum atomic E-state index is -0.667. The summed E-state index contributed by atoms with van der Waals surface area (Å²) in [7, 11) is 0. The van der Waals surface area contributed by atoms with Gasteiger partial charge in [0.25, 0.3) is 0 Å². The molecule has 1 unspecified atom stereocenters. The fourth-order valence-corrected chi connectivity index (χ4v) is 2.22. The van der Waals surface area contributed by atoms with E-state index in [4.69, 9.17) is 0 Å². The summed E-state index contributed by atoms with van der Waals surface area (Å²) in [5.74, 6) is 0. The van der Waals surface area contributed by atoms with Crippen LogP contribution in [0.1, 0.15) is 43.1 Å². The highest BCUT2D eigenvalue weighted by atomic mass is 16.3. The molecular formula is C12H17NO. The zero-order chi connectivity index (χ0) is 10.2. The highest BCUT2D eigenvalue weighted by Crippen LogP contribution is 2.36. The fraction of sp³-hybridized carbons (Fsp3) is 0.583. The van der Waals surface area contributed by atoms with Crippen molar-refractivity contribution >= 4 is 0 Å². The maximum Gasteiger partial charge on any atom is 0.107 e. The lowest BCUT2D eigenvalue weighted by Crippen LogP contribution is -2.31. The largest absolute Gasteiger partial charge is 0.384 e. The molecule has 1 atom stereocenters. The number of nitrogens with zero attached hydrogens (tertiary/aromatic N) is 1. The van der Waals surface area contributed by atoms with Crippen molar-refractivity contribution in [1.82, 2.24) is 4.98 Å². The summed E-state index contributed by atoms with van der Waals surface area (Å²) in [6, 6.07) is 4.14. The number of aryl methyl sites for hydroxylation is 2. The molecule has 1 aliphatic carbocycles. The zero-order valence-corrected chi connectivity index (χ0v) is 8.88. The third-order valence-electron chi connectivity index (χ3n) is 3.18. The molecule has 2 rings (SSSR count). The Bertz CT molecular complexity index is 348. The molecule has 0 aromatic carbocycles. The number of rotatable bonds is 1. The molecule has 1 heterocycles. The monoisotopic (exact) mass is 191 g/mol. The van der Waals surface area contributed by atoms with Gasteiger partial charge in [0.15, 0.2) is 0 Å². The average Bonchev–Trinajstić information content (AvgIpc) is 2.20. The van der Waals surface area contributed by atoms with Gasteiger partial charge in [-0.3, -0.25) is 4.98 Å². The molecule has 0 spiro atoms. The maximum atomic E-state index is 10.4. The Morgan fingerprint density at radius 2 is 2.29 bits per heavy atom. The Labute approximate surface area is 85.0 Å². The van der Waals surface area contributed by atoms with Gasteiger partial charge in [0.1, 0.15) is 5.60 Å². The second kappa shape index (κ2) is 3.35. The quantitative estimate of drug-likeness (QED) is 0.739. The average molecular weight is 191 g/mol. The first kappa shape index (κ1) is 9.66. The van der Waals surface area contributed by atoms with Crippen LogP contribution >= 0.6 is 0 Å². The van der Waals surface area contributed by atoms with E-state index < -0.39 is 5.60 Å². The van der Waals surface area contributed by atoms with Crippen LogP contribution in [0.15, 0.2) is 12.1 Å². The van der Waals surface area contributed by atoms with Crippen LogP contribution < -0.4 is 0 Å². The summed E-state index contributed by atoms with van der Waals surface area (Å²) < 4.78 is 0. The zero-order valence-electron chi connectivity index (χ0n) is 8.88. The Hall–Kier alpha value is -0.890. The number of aromatic nitrogens is 1. The van der Waals surface area contributed by atoms with Crippen LogP contribution in [0.2, 0.25) is 0 Å². The Morgan fingerprint density at radius 3 is 3.00 bits per heavy atom. The topological polar surface area (TPSA) is 33.1 Å². The fourth-order valence-electron chi connectivity index (χ4n) is 2.22. The number of pyridine rings is 1. The van der Waals surface area contributed by atoms with E-state index in [9.17, 15) is 5.11 Å². The molecule has 2 heteroatoms. The summed E-state index contributed by atoms with van der Waals surface area (Å²) in [6.45, 7) is 4.00. The maximum absolute atomic E-state index is 10.4. The van der Waals surface area contributed by atoms with Crippen molar-refractivity contribution in [2.45, 2.75) is 45.1 Å². The van der Waals surface area contributed by atoms with E-state index in [0.29, 0.717) is 0 Å². The molecule has 76 valence electrons. The van der Waals surface area contributed by atoms with Gasteiger partial charge in [0.2, 0.25) is 0 Å². The number of hydrogen-bond acceptors (Lipinski definition) is 2. The molecule has 14 heavy (non-hydrogen) atoms. The molecule has 1 N–H and O–H groups in total. The molecule has 0 saturated carbocycles. The minimum Gasteiger partial charge on any atom is -0.384 e. The van der Waals surface area contributed by atoms with Gasteiger partial charge in [-0.1, -0.05) is 13.0 Å². The molecule has 2 nitrogen and oxygen atoms in total. The van der Waals surface area contributed by atoms with Crippen molar-refractivity contribution < 1.29 is 5.11 Å². The summed E-state index contributed by atoms with van der Waals surface area (Å²) in [5, 5.41) is 10.4. The first-order chi connectivity index (χ1) is 6.65. The van der Waals surface area contributed by atoms with E-state index in [1.165, 1.54) is 5.56 Å². The van der Waals surface area contributed by atoms with Crippen LogP contribution in [0.3, 0.4) is 0 Å². The van der Waals surface area contributed by atoms with E-state index in [0.717, 1.165) is 37.1 Å². The summed E-state index contributed by atoms with van der Waals surface area (Å²) in [4.78, 5) is 4.49. The van der Waals surface area contributed by atoms with Crippen molar-refractivity contribution in [2.24, 2.45) is 0 Å². The van der Waals surface area contributed by atoms with Crippen LogP contribution in [0.5, 0.6) is 0 Å². The first-order valence-corrected chi connectivity index (χ1v) is 5.35. The number of hydrogen-bond donors (Lipinski definition) is 1. The van der Waals surface area contributed by atoms with E-state index >= 15 is 0 Å². The molecular weight excluding hydrogens is 174 g/mol. The van der Waals surface area contributed by atoms with E-state index in [2.05, 4.69) is 11.1 Å². The number of fused-ring (bicyclic) bond motifs is 1. The van der Waals surface area contributed by atoms with Crippen LogP contribution in [-0.4, -0.2) is 10.1 Å². The Kier molecular flexibility index (Phi) is 2.31. The van der Waals surface area contributed by atoms with Gasteiger partial charge in [-0.05, 0) is 44.2 Å². The molecule has 0 bridgehead atoms. The summed E-state index contributed by atoms with van der Waals surface area (Å²) in [5.41, 5.74) is 2.48. The predicted molar refractivity (Wildman–Crippen MR) is 56.1 cm³/mol. The molecule has 0 amide bonds. The normalized spacial score (nSPS) is 25.9. The molecule has 0 fully saturated rings. The van der Waals surface area contributed by atoms with Crippen LogP contribution in [0, 0.1) is 6.92 Å². The van der Waals surface area contributed by atoms with Gasteiger partial charge in [-0.25, -0.2) is 0 Å². The van der Waals surface area contributed by atoms with Gasteiger partial charge in [-0.2, -0.15) is 0 Å². The predicted octanol–water partition coefficient (Wildman–Crippen LogP) is 2.32. The van der Waals surface area contributed by atoms with Crippen LogP contribution in [0.4, 0.5) is 0 Å². The third-order valence-corrected chi connectivity index (χ3v) is 3.18. The first-order valence-electron chi connectivity index (χ1n) is 5.35. The molecule has 1 aromatic rings. The van der Waals surface area contributed by atoms with Gasteiger partial charge in [0.05, 0.1) is 5.69 Å². The highest BCUT2D eigenvalue weighted by molar-refractivity contribution is 5.30. The van der Waals surface area contributed by atoms with Gasteiger partial charge in [-0.15, -0.1) is 0 Å². The lowest BCUT2D eigenvalue weighted by Gasteiger charge is -2.32. The van der Waals surface area contributed by atoms with Gasteiger partial charge in [0, 0.05) is 5.69 Å². The van der Waals surface area contributed by atoms with Crippen LogP contribution in [-0.2, 0) is 12.0 Å². The Morgan fingerprint density at radius 1 is 1.50 bits per heavy atom. The lowest BCUT2D eigenvalue weighted by atomic mass is 9.81. The van der Waals surface area contributed by atoms with E-state index in [1.54, 1.807) is 0 Å². The van der Waals surface area contributed by atoms with Crippen molar-refractivity contribution in [3.63, 3.8) is 0 Å². The molecule has 0 aliphatic heterocycles.